The molecule has 2 unspecified atom stereocenters. The molecule has 8 rings (SSSR count). The second kappa shape index (κ2) is 19.0. The van der Waals surface area contributed by atoms with Crippen LogP contribution in [0.1, 0.15) is 114 Å². The van der Waals surface area contributed by atoms with E-state index in [1.165, 1.54) is 119 Å². The van der Waals surface area contributed by atoms with Crippen LogP contribution in [0.2, 0.25) is 0 Å². The Morgan fingerprint density at radius 1 is 0.569 bits per heavy atom. The van der Waals surface area contributed by atoms with Crippen LogP contribution in [-0.4, -0.2) is 5.04 Å². The quantitative estimate of drug-likeness (QED) is 0.0756. The standard InChI is InChI=1S/C52H60N2S4/c1-34(2)15-13-17-36(5)23-25-40-27-29-44(55-40)42-31-47-49-48-46(57-52(53-50(42)48)39-21-11-8-12-22-39)32-43(51(49)54(58-47)33-38-19-9-7-10-20-38)45-30-28-41(56-45)26-24-37(6)18-14-16-35(3)4/h7-12,19-22,27-32,34-37H,13-18,23-26,33H2,1-6H3. The highest BCUT2D eigenvalue weighted by molar-refractivity contribution is 8.14. The highest BCUT2D eigenvalue weighted by atomic mass is 32.2. The van der Waals surface area contributed by atoms with E-state index >= 15 is 0 Å². The van der Waals surface area contributed by atoms with E-state index in [1.54, 1.807) is 0 Å². The number of nitrogens with zero attached hydrogens (tertiary/aromatic N) is 2. The second-order valence-corrected chi connectivity index (χ2v) is 22.2. The second-order valence-electron chi connectivity index (χ2n) is 17.8. The number of hydrogen-bond acceptors (Lipinski definition) is 6. The van der Waals surface area contributed by atoms with Gasteiger partial charge in [0.15, 0.2) is 0 Å². The number of anilines is 1. The number of thioether (sulfide) groups is 1. The van der Waals surface area contributed by atoms with Gasteiger partial charge in [-0.3, -0.25) is 0 Å². The first-order chi connectivity index (χ1) is 28.2. The summed E-state index contributed by atoms with van der Waals surface area (Å²) in [6, 6.07) is 36.4. The van der Waals surface area contributed by atoms with Crippen LogP contribution in [-0.2, 0) is 19.4 Å². The fourth-order valence-electron chi connectivity index (χ4n) is 8.52. The Morgan fingerprint density at radius 2 is 1.14 bits per heavy atom. The summed E-state index contributed by atoms with van der Waals surface area (Å²) >= 11 is 7.76. The maximum absolute atomic E-state index is 5.60. The SMILES string of the molecule is CC(C)CCCC(C)CCc1ccc(-c2cc3c4c(c(-c5ccc(CCC(C)CCCC(C)C)s5)cc5c4c2N=C(c2ccccc2)S5)N(Cc2ccccc2)S3)s1. The van der Waals surface area contributed by atoms with Gasteiger partial charge in [-0.05, 0) is 103 Å². The Labute approximate surface area is 365 Å². The fraction of sp³-hybridized carbons (Fsp3) is 0.404. The number of aliphatic imine (C=N–C) groups is 1. The van der Waals surface area contributed by atoms with E-state index in [2.05, 4.69) is 143 Å². The van der Waals surface area contributed by atoms with Gasteiger partial charge in [0, 0.05) is 56.8 Å². The third-order valence-corrected chi connectivity index (χ3v) is 16.4. The van der Waals surface area contributed by atoms with Crippen LogP contribution in [0.4, 0.5) is 11.4 Å². The minimum atomic E-state index is 0.756. The summed E-state index contributed by atoms with van der Waals surface area (Å²) in [7, 11) is 0. The molecule has 0 spiro atoms. The van der Waals surface area contributed by atoms with Crippen molar-refractivity contribution in [1.82, 2.24) is 0 Å². The van der Waals surface area contributed by atoms with Crippen molar-refractivity contribution in [1.29, 1.82) is 0 Å². The number of rotatable bonds is 19. The molecule has 0 fully saturated rings. The molecule has 2 aliphatic rings. The molecule has 0 saturated heterocycles. The summed E-state index contributed by atoms with van der Waals surface area (Å²) < 4.78 is 2.57. The maximum atomic E-state index is 5.60. The van der Waals surface area contributed by atoms with Gasteiger partial charge in [-0.2, -0.15) is 0 Å². The molecule has 4 heterocycles. The van der Waals surface area contributed by atoms with Gasteiger partial charge in [0.25, 0.3) is 0 Å². The molecule has 0 radical (unpaired) electrons. The van der Waals surface area contributed by atoms with Crippen molar-refractivity contribution in [2.45, 2.75) is 122 Å². The first-order valence-electron chi connectivity index (χ1n) is 21.9. The summed E-state index contributed by atoms with van der Waals surface area (Å²) in [6.45, 7) is 15.1. The van der Waals surface area contributed by atoms with E-state index in [1.807, 2.05) is 46.4 Å². The zero-order valence-corrected chi connectivity index (χ0v) is 38.6. The highest BCUT2D eigenvalue weighted by Crippen LogP contribution is 2.60. The lowest BCUT2D eigenvalue weighted by Gasteiger charge is -2.24. The Morgan fingerprint density at radius 3 is 1.74 bits per heavy atom. The minimum absolute atomic E-state index is 0.756. The van der Waals surface area contributed by atoms with Gasteiger partial charge in [0.2, 0.25) is 0 Å². The molecule has 0 aliphatic carbocycles. The fourth-order valence-corrected chi connectivity index (χ4v) is 12.9. The number of thiophene rings is 2. The zero-order chi connectivity index (χ0) is 40.2. The van der Waals surface area contributed by atoms with Crippen molar-refractivity contribution >= 4 is 73.6 Å². The summed E-state index contributed by atoms with van der Waals surface area (Å²) in [6.07, 6.45) is 12.8. The van der Waals surface area contributed by atoms with Gasteiger partial charge in [-0.1, -0.05) is 152 Å². The molecular formula is C52H60N2S4. The van der Waals surface area contributed by atoms with Gasteiger partial charge in [-0.15, -0.1) is 22.7 Å². The minimum Gasteiger partial charge on any atom is -0.306 e. The van der Waals surface area contributed by atoms with E-state index in [-0.39, 0.29) is 0 Å². The zero-order valence-electron chi connectivity index (χ0n) is 35.4. The van der Waals surface area contributed by atoms with Crippen LogP contribution in [0, 0.1) is 23.7 Å². The van der Waals surface area contributed by atoms with Crippen molar-refractivity contribution in [3.8, 4) is 20.9 Å². The van der Waals surface area contributed by atoms with Gasteiger partial charge < -0.3 is 4.31 Å². The Kier molecular flexibility index (Phi) is 13.5. The van der Waals surface area contributed by atoms with Gasteiger partial charge in [0.1, 0.15) is 5.04 Å². The average Bonchev–Trinajstić information content (AvgIpc) is 3.98. The molecule has 0 amide bonds. The summed E-state index contributed by atoms with van der Waals surface area (Å²) in [5, 5.41) is 3.77. The van der Waals surface area contributed by atoms with Crippen molar-refractivity contribution < 1.29 is 0 Å². The van der Waals surface area contributed by atoms with Crippen LogP contribution in [0.5, 0.6) is 0 Å². The van der Waals surface area contributed by atoms with Gasteiger partial charge >= 0.3 is 0 Å². The molecule has 2 atom stereocenters. The molecule has 0 saturated carbocycles. The van der Waals surface area contributed by atoms with Crippen LogP contribution in [0.15, 0.2) is 112 Å². The Hall–Kier alpha value is -3.29. The lowest BCUT2D eigenvalue weighted by molar-refractivity contribution is 0.437. The largest absolute Gasteiger partial charge is 0.306 e. The average molecular weight is 841 g/mol. The molecule has 2 aromatic heterocycles. The molecule has 2 aliphatic heterocycles. The molecule has 0 N–H and O–H groups in total. The predicted molar refractivity (Wildman–Crippen MR) is 260 cm³/mol. The van der Waals surface area contributed by atoms with Crippen LogP contribution in [0.3, 0.4) is 0 Å². The lowest BCUT2D eigenvalue weighted by Crippen LogP contribution is -2.11. The van der Waals surface area contributed by atoms with Crippen molar-refractivity contribution in [2.75, 3.05) is 4.31 Å². The van der Waals surface area contributed by atoms with E-state index in [9.17, 15) is 0 Å². The summed E-state index contributed by atoms with van der Waals surface area (Å²) in [5.74, 6) is 3.10. The van der Waals surface area contributed by atoms with E-state index in [0.717, 1.165) is 53.8 Å². The van der Waals surface area contributed by atoms with Crippen LogP contribution >= 0.6 is 46.4 Å². The third kappa shape index (κ3) is 9.67. The van der Waals surface area contributed by atoms with Crippen molar-refractivity contribution in [3.63, 3.8) is 0 Å². The van der Waals surface area contributed by atoms with Gasteiger partial charge in [-0.25, -0.2) is 4.99 Å². The summed E-state index contributed by atoms with van der Waals surface area (Å²) in [5.41, 5.74) is 7.62. The van der Waals surface area contributed by atoms with Crippen molar-refractivity contribution in [3.05, 3.63) is 118 Å². The topological polar surface area (TPSA) is 15.6 Å². The Bertz CT molecular complexity index is 2330. The molecule has 58 heavy (non-hydrogen) atoms. The van der Waals surface area contributed by atoms with Gasteiger partial charge in [0.05, 0.1) is 17.9 Å². The van der Waals surface area contributed by atoms with Crippen LogP contribution < -0.4 is 4.31 Å². The number of aryl methyl sites for hydroxylation is 2. The highest BCUT2D eigenvalue weighted by Gasteiger charge is 2.34. The number of hydrogen-bond donors (Lipinski definition) is 0. The molecule has 6 aromatic rings. The maximum Gasteiger partial charge on any atom is 0.109 e. The Balaban J connectivity index is 1.18. The molecule has 6 heteroatoms. The molecule has 302 valence electrons. The molecule has 0 bridgehead atoms. The number of benzene rings is 4. The van der Waals surface area contributed by atoms with E-state index in [4.69, 9.17) is 4.99 Å². The van der Waals surface area contributed by atoms with Crippen molar-refractivity contribution in [2.24, 2.45) is 28.7 Å². The smallest absolute Gasteiger partial charge is 0.109 e. The van der Waals surface area contributed by atoms with E-state index in [0.29, 0.717) is 0 Å². The monoisotopic (exact) mass is 840 g/mol. The summed E-state index contributed by atoms with van der Waals surface area (Å²) in [4.78, 5) is 14.0. The first kappa shape index (κ1) is 41.4. The predicted octanol–water partition coefficient (Wildman–Crippen LogP) is 17.3. The first-order valence-corrected chi connectivity index (χ1v) is 25.1. The van der Waals surface area contributed by atoms with E-state index < -0.39 is 0 Å². The molecule has 4 aromatic carbocycles. The molecule has 2 nitrogen and oxygen atoms in total. The third-order valence-electron chi connectivity index (χ3n) is 11.9. The lowest BCUT2D eigenvalue weighted by atomic mass is 9.96. The molecular weight excluding hydrogens is 781 g/mol. The normalized spacial score (nSPS) is 14.6. The van der Waals surface area contributed by atoms with Crippen LogP contribution in [0.25, 0.3) is 31.7 Å².